The first-order chi connectivity index (χ1) is 8.84. The summed E-state index contributed by atoms with van der Waals surface area (Å²) >= 11 is 0. The second kappa shape index (κ2) is 4.98. The molecule has 18 heavy (non-hydrogen) atoms. The molecule has 0 atom stereocenters. The molecule has 4 nitrogen and oxygen atoms in total. The van der Waals surface area contributed by atoms with Crippen molar-refractivity contribution < 1.29 is 4.79 Å². The van der Waals surface area contributed by atoms with Gasteiger partial charge in [0.25, 0.3) is 5.91 Å². The van der Waals surface area contributed by atoms with Crippen molar-refractivity contribution in [2.24, 2.45) is 0 Å². The number of benzene rings is 1. The van der Waals surface area contributed by atoms with E-state index >= 15 is 0 Å². The van der Waals surface area contributed by atoms with Crippen LogP contribution in [-0.4, -0.2) is 50.1 Å². The van der Waals surface area contributed by atoms with Crippen LogP contribution in [0.3, 0.4) is 0 Å². The molecule has 2 fully saturated rings. The van der Waals surface area contributed by atoms with E-state index in [-0.39, 0.29) is 5.91 Å². The fraction of sp³-hybridized carbons (Fsp3) is 0.500. The van der Waals surface area contributed by atoms with Crippen LogP contribution in [0.5, 0.6) is 0 Å². The Labute approximate surface area is 108 Å². The second-order valence-corrected chi connectivity index (χ2v) is 4.93. The van der Waals surface area contributed by atoms with E-state index in [2.05, 4.69) is 22.3 Å². The second-order valence-electron chi connectivity index (χ2n) is 4.93. The molecule has 0 bridgehead atoms. The number of carbonyl (C=O) groups is 1. The molecule has 0 aliphatic carbocycles. The smallest absolute Gasteiger partial charge is 0.253 e. The molecule has 1 aromatic carbocycles. The molecule has 3 rings (SSSR count). The monoisotopic (exact) mass is 245 g/mol. The van der Waals surface area contributed by atoms with Crippen LogP contribution in [0.4, 0.5) is 5.69 Å². The molecule has 2 aliphatic rings. The highest BCUT2D eigenvalue weighted by Crippen LogP contribution is 2.21. The zero-order valence-corrected chi connectivity index (χ0v) is 10.6. The number of anilines is 1. The molecule has 0 aromatic heterocycles. The Kier molecular flexibility index (Phi) is 3.19. The SMILES string of the molecule is O=C(c1ccc(N2CCC2)cc1)N1CCNCC1. The predicted octanol–water partition coefficient (Wildman–Crippen LogP) is 0.942. The Morgan fingerprint density at radius 3 is 2.22 bits per heavy atom. The molecule has 0 radical (unpaired) electrons. The van der Waals surface area contributed by atoms with E-state index in [1.165, 1.54) is 12.1 Å². The molecular weight excluding hydrogens is 226 g/mol. The summed E-state index contributed by atoms with van der Waals surface area (Å²) in [7, 11) is 0. The topological polar surface area (TPSA) is 35.6 Å². The molecule has 1 aromatic rings. The fourth-order valence-electron chi connectivity index (χ4n) is 2.44. The van der Waals surface area contributed by atoms with Crippen molar-refractivity contribution >= 4 is 11.6 Å². The van der Waals surface area contributed by atoms with Gasteiger partial charge in [0.1, 0.15) is 0 Å². The highest BCUT2D eigenvalue weighted by atomic mass is 16.2. The van der Waals surface area contributed by atoms with Crippen LogP contribution in [0, 0.1) is 0 Å². The van der Waals surface area contributed by atoms with Gasteiger partial charge in [0.15, 0.2) is 0 Å². The van der Waals surface area contributed by atoms with Gasteiger partial charge in [-0.05, 0) is 30.7 Å². The van der Waals surface area contributed by atoms with Crippen LogP contribution in [0.2, 0.25) is 0 Å². The minimum atomic E-state index is 0.159. The maximum Gasteiger partial charge on any atom is 0.253 e. The molecule has 2 heterocycles. The van der Waals surface area contributed by atoms with E-state index in [9.17, 15) is 4.79 Å². The summed E-state index contributed by atoms with van der Waals surface area (Å²) in [5.41, 5.74) is 2.04. The molecular formula is C14H19N3O. The standard InChI is InChI=1S/C14H19N3O/c18-14(17-10-6-15-7-11-17)12-2-4-13(5-3-12)16-8-1-9-16/h2-5,15H,1,6-11H2. The molecule has 2 aliphatic heterocycles. The van der Waals surface area contributed by atoms with Crippen molar-refractivity contribution in [3.63, 3.8) is 0 Å². The minimum absolute atomic E-state index is 0.159. The Morgan fingerprint density at radius 1 is 1.00 bits per heavy atom. The first-order valence-corrected chi connectivity index (χ1v) is 6.69. The molecule has 2 saturated heterocycles. The lowest BCUT2D eigenvalue weighted by Crippen LogP contribution is -2.46. The summed E-state index contributed by atoms with van der Waals surface area (Å²) in [5, 5.41) is 3.26. The van der Waals surface area contributed by atoms with Crippen molar-refractivity contribution in [3.05, 3.63) is 29.8 Å². The van der Waals surface area contributed by atoms with E-state index in [0.717, 1.165) is 44.8 Å². The average molecular weight is 245 g/mol. The van der Waals surface area contributed by atoms with Gasteiger partial charge in [-0.3, -0.25) is 4.79 Å². The highest BCUT2D eigenvalue weighted by Gasteiger charge is 2.19. The van der Waals surface area contributed by atoms with Gasteiger partial charge in [-0.15, -0.1) is 0 Å². The van der Waals surface area contributed by atoms with Gasteiger partial charge in [0, 0.05) is 50.5 Å². The number of hydrogen-bond acceptors (Lipinski definition) is 3. The number of carbonyl (C=O) groups excluding carboxylic acids is 1. The van der Waals surface area contributed by atoms with Crippen molar-refractivity contribution in [1.29, 1.82) is 0 Å². The number of hydrogen-bond donors (Lipinski definition) is 1. The van der Waals surface area contributed by atoms with Gasteiger partial charge in [0.05, 0.1) is 0 Å². The van der Waals surface area contributed by atoms with Crippen molar-refractivity contribution in [1.82, 2.24) is 10.2 Å². The summed E-state index contributed by atoms with van der Waals surface area (Å²) in [4.78, 5) is 16.5. The quantitative estimate of drug-likeness (QED) is 0.842. The van der Waals surface area contributed by atoms with Crippen LogP contribution >= 0.6 is 0 Å². The number of amides is 1. The number of nitrogens with zero attached hydrogens (tertiary/aromatic N) is 2. The van der Waals surface area contributed by atoms with E-state index < -0.39 is 0 Å². The van der Waals surface area contributed by atoms with Gasteiger partial charge in [0.2, 0.25) is 0 Å². The van der Waals surface area contributed by atoms with E-state index in [1.807, 2.05) is 17.0 Å². The molecule has 1 amide bonds. The Morgan fingerprint density at radius 2 is 1.67 bits per heavy atom. The highest BCUT2D eigenvalue weighted by molar-refractivity contribution is 5.94. The normalized spacial score (nSPS) is 19.6. The zero-order chi connectivity index (χ0) is 12.4. The summed E-state index contributed by atoms with van der Waals surface area (Å²) in [5.74, 6) is 0.159. The van der Waals surface area contributed by atoms with Gasteiger partial charge in [-0.1, -0.05) is 0 Å². The largest absolute Gasteiger partial charge is 0.371 e. The summed E-state index contributed by atoms with van der Waals surface area (Å²) in [6, 6.07) is 8.04. The maximum absolute atomic E-state index is 12.2. The maximum atomic E-state index is 12.2. The van der Waals surface area contributed by atoms with E-state index in [0.29, 0.717) is 0 Å². The first kappa shape index (κ1) is 11.5. The van der Waals surface area contributed by atoms with Gasteiger partial charge >= 0.3 is 0 Å². The van der Waals surface area contributed by atoms with Crippen LogP contribution in [0.1, 0.15) is 16.8 Å². The van der Waals surface area contributed by atoms with Crippen LogP contribution in [0.25, 0.3) is 0 Å². The minimum Gasteiger partial charge on any atom is -0.371 e. The third kappa shape index (κ3) is 2.20. The van der Waals surface area contributed by atoms with Crippen molar-refractivity contribution in [2.75, 3.05) is 44.2 Å². The molecule has 0 spiro atoms. The average Bonchev–Trinajstić information content (AvgIpc) is 2.38. The lowest BCUT2D eigenvalue weighted by molar-refractivity contribution is 0.0736. The van der Waals surface area contributed by atoms with Gasteiger partial charge in [-0.2, -0.15) is 0 Å². The summed E-state index contributed by atoms with van der Waals surface area (Å²) in [6.45, 7) is 5.71. The first-order valence-electron chi connectivity index (χ1n) is 6.69. The number of piperazine rings is 1. The Hall–Kier alpha value is -1.55. The van der Waals surface area contributed by atoms with Crippen LogP contribution < -0.4 is 10.2 Å². The van der Waals surface area contributed by atoms with Crippen molar-refractivity contribution in [3.8, 4) is 0 Å². The summed E-state index contributed by atoms with van der Waals surface area (Å²) in [6.07, 6.45) is 1.28. The van der Waals surface area contributed by atoms with Crippen LogP contribution in [-0.2, 0) is 0 Å². The molecule has 1 N–H and O–H groups in total. The van der Waals surface area contributed by atoms with Gasteiger partial charge in [-0.25, -0.2) is 0 Å². The number of rotatable bonds is 2. The van der Waals surface area contributed by atoms with E-state index in [1.54, 1.807) is 0 Å². The van der Waals surface area contributed by atoms with E-state index in [4.69, 9.17) is 0 Å². The third-order valence-electron chi connectivity index (χ3n) is 3.74. The lowest BCUT2D eigenvalue weighted by atomic mass is 10.1. The van der Waals surface area contributed by atoms with Crippen LogP contribution in [0.15, 0.2) is 24.3 Å². The molecule has 4 heteroatoms. The van der Waals surface area contributed by atoms with Gasteiger partial charge < -0.3 is 15.1 Å². The van der Waals surface area contributed by atoms with Crippen molar-refractivity contribution in [2.45, 2.75) is 6.42 Å². The lowest BCUT2D eigenvalue weighted by Gasteiger charge is -2.33. The predicted molar refractivity (Wildman–Crippen MR) is 72.0 cm³/mol. The Balaban J connectivity index is 1.69. The molecule has 0 unspecified atom stereocenters. The molecule has 96 valence electrons. The Bertz CT molecular complexity index is 419. The number of nitrogens with one attached hydrogen (secondary N) is 1. The summed E-state index contributed by atoms with van der Waals surface area (Å²) < 4.78 is 0. The fourth-order valence-corrected chi connectivity index (χ4v) is 2.44. The third-order valence-corrected chi connectivity index (χ3v) is 3.74. The molecule has 0 saturated carbocycles. The zero-order valence-electron chi connectivity index (χ0n) is 10.6.